The fourth-order valence-corrected chi connectivity index (χ4v) is 5.45. The second-order valence-corrected chi connectivity index (χ2v) is 10.3. The first-order chi connectivity index (χ1) is 16.0. The van der Waals surface area contributed by atoms with Crippen LogP contribution in [0, 0.1) is 5.41 Å². The van der Waals surface area contributed by atoms with E-state index >= 15 is 0 Å². The van der Waals surface area contributed by atoms with E-state index < -0.39 is 5.67 Å². The second-order valence-electron chi connectivity index (χ2n) is 9.42. The van der Waals surface area contributed by atoms with E-state index in [1.54, 1.807) is 7.11 Å². The summed E-state index contributed by atoms with van der Waals surface area (Å²) in [5, 5.41) is 12.0. The summed E-state index contributed by atoms with van der Waals surface area (Å²) in [6.07, 6.45) is 11.1. The first-order valence-corrected chi connectivity index (χ1v) is 12.6. The quantitative estimate of drug-likeness (QED) is 0.518. The third kappa shape index (κ3) is 4.81. The Balaban J connectivity index is 1.53. The van der Waals surface area contributed by atoms with Gasteiger partial charge in [0, 0.05) is 41.5 Å². The lowest BCUT2D eigenvalue weighted by atomic mass is 9.80. The van der Waals surface area contributed by atoms with E-state index in [4.69, 9.17) is 14.9 Å². The Labute approximate surface area is 203 Å². The van der Waals surface area contributed by atoms with Gasteiger partial charge in [-0.3, -0.25) is 4.90 Å². The van der Waals surface area contributed by atoms with E-state index in [9.17, 15) is 4.39 Å². The molecule has 2 aliphatic carbocycles. The van der Waals surface area contributed by atoms with Crippen LogP contribution in [0.1, 0.15) is 50.1 Å². The van der Waals surface area contributed by atoms with Gasteiger partial charge in [-0.2, -0.15) is 0 Å². The maximum absolute atomic E-state index is 14.9. The van der Waals surface area contributed by atoms with Gasteiger partial charge in [-0.15, -0.1) is 0 Å². The van der Waals surface area contributed by atoms with E-state index in [1.807, 2.05) is 30.5 Å². The number of nitrogens with one attached hydrogen (secondary N) is 2. The molecule has 1 saturated heterocycles. The van der Waals surface area contributed by atoms with Gasteiger partial charge in [0.25, 0.3) is 0 Å². The van der Waals surface area contributed by atoms with Gasteiger partial charge in [-0.1, -0.05) is 28.1 Å². The summed E-state index contributed by atoms with van der Waals surface area (Å²) in [6, 6.07) is 5.93. The fourth-order valence-electron chi connectivity index (χ4n) is 5.11. The van der Waals surface area contributed by atoms with E-state index in [1.165, 1.54) is 0 Å². The van der Waals surface area contributed by atoms with Gasteiger partial charge >= 0.3 is 0 Å². The predicted molar refractivity (Wildman–Crippen MR) is 131 cm³/mol. The Morgan fingerprint density at radius 1 is 1.33 bits per heavy atom. The number of hydrogen-bond acceptors (Lipinski definition) is 5. The molecule has 0 spiro atoms. The first kappa shape index (κ1) is 22.8. The lowest BCUT2D eigenvalue weighted by molar-refractivity contribution is 0.00329. The molecule has 2 unspecified atom stereocenters. The van der Waals surface area contributed by atoms with Crippen LogP contribution in [0.4, 0.5) is 4.39 Å². The summed E-state index contributed by atoms with van der Waals surface area (Å²) in [5.74, 6) is 0.783. The normalized spacial score (nSPS) is 28.1. The highest BCUT2D eigenvalue weighted by molar-refractivity contribution is 9.10. The van der Waals surface area contributed by atoms with Crippen molar-refractivity contribution >= 4 is 21.6 Å². The van der Waals surface area contributed by atoms with Crippen molar-refractivity contribution in [2.24, 2.45) is 0 Å². The highest BCUT2D eigenvalue weighted by Gasteiger charge is 2.47. The van der Waals surface area contributed by atoms with Crippen LogP contribution >= 0.6 is 15.9 Å². The van der Waals surface area contributed by atoms with Crippen molar-refractivity contribution in [3.8, 4) is 5.75 Å². The van der Waals surface area contributed by atoms with Gasteiger partial charge in [0.2, 0.25) is 0 Å². The summed E-state index contributed by atoms with van der Waals surface area (Å²) in [7, 11) is 1.68. The summed E-state index contributed by atoms with van der Waals surface area (Å²) in [4.78, 5) is 2.26. The number of hydrogen-bond donors (Lipinski definition) is 2. The summed E-state index contributed by atoms with van der Waals surface area (Å²) >= 11 is 3.54. The fraction of sp³-hybridized carbons (Fsp3) is 0.500. The molecule has 2 fully saturated rings. The van der Waals surface area contributed by atoms with Gasteiger partial charge in [-0.25, -0.2) is 4.39 Å². The van der Waals surface area contributed by atoms with Crippen LogP contribution < -0.4 is 10.1 Å². The molecule has 2 N–H and O–H groups in total. The number of ether oxygens (including phenoxy) is 2. The smallest absolute Gasteiger partial charge is 0.127 e. The molecular weight excluding hydrogens is 485 g/mol. The van der Waals surface area contributed by atoms with Crippen molar-refractivity contribution in [2.45, 2.75) is 56.5 Å². The van der Waals surface area contributed by atoms with Crippen LogP contribution in [0.25, 0.3) is 0 Å². The highest BCUT2D eigenvalue weighted by Crippen LogP contribution is 2.48. The van der Waals surface area contributed by atoms with Crippen LogP contribution in [0.5, 0.6) is 5.75 Å². The summed E-state index contributed by atoms with van der Waals surface area (Å²) in [6.45, 7) is 1.94. The minimum absolute atomic E-state index is 0.00211. The molecule has 0 amide bonds. The molecule has 0 bridgehead atoms. The summed E-state index contributed by atoms with van der Waals surface area (Å²) in [5.41, 5.74) is 3.63. The van der Waals surface area contributed by atoms with Gasteiger partial charge in [0.15, 0.2) is 0 Å². The van der Waals surface area contributed by atoms with Gasteiger partial charge < -0.3 is 20.2 Å². The number of alkyl halides is 1. The Kier molecular flexibility index (Phi) is 6.47. The van der Waals surface area contributed by atoms with E-state index in [2.05, 4.69) is 32.2 Å². The maximum atomic E-state index is 14.9. The van der Waals surface area contributed by atoms with Crippen molar-refractivity contribution in [1.82, 2.24) is 10.2 Å². The largest absolute Gasteiger partial charge is 0.496 e. The lowest BCUT2D eigenvalue weighted by Gasteiger charge is -2.41. The van der Waals surface area contributed by atoms with Crippen LogP contribution in [-0.4, -0.2) is 49.3 Å². The van der Waals surface area contributed by atoms with Crippen LogP contribution in [0.2, 0.25) is 0 Å². The van der Waals surface area contributed by atoms with Gasteiger partial charge in [-0.05, 0) is 67.9 Å². The van der Waals surface area contributed by atoms with E-state index in [0.717, 1.165) is 71.3 Å². The molecule has 2 aliphatic heterocycles. The standard InChI is InChI=1S/C26H31BrFN3O2/c1-32-23-14-17(27)5-6-20(23)25-19-7-8-22(29)21(15-30-24-4-2-3-13-33-24)18(19)9-12-31(25)16-26(28)10-11-26/h5-8,14-15,24-25,29-30H,2-4,9-13,16H2,1H3/b21-15-,29-22?. The monoisotopic (exact) mass is 515 g/mol. The Bertz CT molecular complexity index is 1020. The SMILES string of the molecule is COc1cc(Br)ccc1C1C2=C(CCN1CC1(F)CC1)/C(=C/NC1CCCCO1)C(=N)C=C2. The van der Waals surface area contributed by atoms with Crippen LogP contribution in [0.3, 0.4) is 0 Å². The zero-order chi connectivity index (χ0) is 23.0. The molecule has 176 valence electrons. The molecule has 5 rings (SSSR count). The number of rotatable bonds is 6. The average molecular weight is 516 g/mol. The molecule has 0 radical (unpaired) electrons. The molecular formula is C26H31BrFN3O2. The molecule has 1 aromatic carbocycles. The highest BCUT2D eigenvalue weighted by atomic mass is 79.9. The van der Waals surface area contributed by atoms with Gasteiger partial charge in [0.1, 0.15) is 17.6 Å². The van der Waals surface area contributed by atoms with Crippen molar-refractivity contribution in [3.05, 3.63) is 63.3 Å². The van der Waals surface area contributed by atoms with Gasteiger partial charge in [0.05, 0.1) is 18.9 Å². The lowest BCUT2D eigenvalue weighted by Crippen LogP contribution is -2.41. The zero-order valence-corrected chi connectivity index (χ0v) is 20.6. The number of allylic oxidation sites excluding steroid dienone is 2. The van der Waals surface area contributed by atoms with Crippen LogP contribution in [0.15, 0.2) is 57.7 Å². The first-order valence-electron chi connectivity index (χ1n) is 11.8. The number of halogens is 2. The molecule has 1 saturated carbocycles. The molecule has 0 aromatic heterocycles. The Morgan fingerprint density at radius 2 is 2.18 bits per heavy atom. The van der Waals surface area contributed by atoms with Crippen LogP contribution in [-0.2, 0) is 4.74 Å². The molecule has 33 heavy (non-hydrogen) atoms. The van der Waals surface area contributed by atoms with Crippen molar-refractivity contribution in [1.29, 1.82) is 5.41 Å². The number of methoxy groups -OCH3 is 1. The topological polar surface area (TPSA) is 57.6 Å². The molecule has 5 nitrogen and oxygen atoms in total. The minimum atomic E-state index is -1.08. The third-order valence-corrected chi connectivity index (χ3v) is 7.56. The van der Waals surface area contributed by atoms with Crippen molar-refractivity contribution in [2.75, 3.05) is 26.8 Å². The zero-order valence-electron chi connectivity index (χ0n) is 19.0. The molecule has 1 aromatic rings. The summed E-state index contributed by atoms with van der Waals surface area (Å²) < 4.78 is 27.4. The predicted octanol–water partition coefficient (Wildman–Crippen LogP) is 5.59. The molecule has 2 atom stereocenters. The molecule has 4 aliphatic rings. The van der Waals surface area contributed by atoms with Crippen molar-refractivity contribution in [3.63, 3.8) is 0 Å². The van der Waals surface area contributed by atoms with E-state index in [-0.39, 0.29) is 12.3 Å². The molecule has 7 heteroatoms. The Hall–Kier alpha value is -1.96. The number of nitrogens with zero attached hydrogens (tertiary/aromatic N) is 1. The number of benzene rings is 1. The third-order valence-electron chi connectivity index (χ3n) is 7.06. The minimum Gasteiger partial charge on any atom is -0.496 e. The Morgan fingerprint density at radius 3 is 2.91 bits per heavy atom. The maximum Gasteiger partial charge on any atom is 0.127 e. The van der Waals surface area contributed by atoms with E-state index in [0.29, 0.717) is 25.1 Å². The second kappa shape index (κ2) is 9.35. The molecule has 2 heterocycles. The van der Waals surface area contributed by atoms with Crippen molar-refractivity contribution < 1.29 is 13.9 Å². The average Bonchev–Trinajstić information content (AvgIpc) is 3.55.